The van der Waals surface area contributed by atoms with E-state index in [2.05, 4.69) is 51.6 Å². The third kappa shape index (κ3) is 2.56. The maximum absolute atomic E-state index is 11.7. The number of hydrogen-bond acceptors (Lipinski definition) is 4. The minimum Gasteiger partial charge on any atom is -0.465 e. The van der Waals surface area contributed by atoms with Gasteiger partial charge in [-0.3, -0.25) is 4.98 Å². The van der Waals surface area contributed by atoms with Gasteiger partial charge in [0.2, 0.25) is 0 Å². The molecule has 8 heteroatoms. The summed E-state index contributed by atoms with van der Waals surface area (Å²) in [4.78, 5) is 18.6. The Morgan fingerprint density at radius 2 is 2.21 bits per heavy atom. The van der Waals surface area contributed by atoms with Crippen molar-refractivity contribution in [3.05, 3.63) is 43.3 Å². The second-order valence-electron chi connectivity index (χ2n) is 3.49. The number of carbonyl (C=O) groups excluding carboxylic acids is 1. The van der Waals surface area contributed by atoms with Gasteiger partial charge >= 0.3 is 5.97 Å². The lowest BCUT2D eigenvalue weighted by molar-refractivity contribution is 0.0601. The van der Waals surface area contributed by atoms with Crippen molar-refractivity contribution in [2.24, 2.45) is 5.11 Å². The van der Waals surface area contributed by atoms with Gasteiger partial charge in [0.15, 0.2) is 0 Å². The zero-order valence-corrected chi connectivity index (χ0v) is 12.8. The van der Waals surface area contributed by atoms with Gasteiger partial charge in [0.05, 0.1) is 23.9 Å². The van der Waals surface area contributed by atoms with Gasteiger partial charge in [-0.15, -0.1) is 0 Å². The minimum atomic E-state index is -0.604. The number of nitrogens with zero attached hydrogens (tertiary/aromatic N) is 4. The highest BCUT2D eigenvalue weighted by atomic mass is 79.9. The van der Waals surface area contributed by atoms with Crippen LogP contribution in [0.1, 0.15) is 10.4 Å². The number of pyridine rings is 1. The Bertz CT molecular complexity index is 726. The molecule has 1 aromatic heterocycles. The number of methoxy groups -OCH3 is 1. The molecule has 0 bridgehead atoms. The molecule has 6 nitrogen and oxygen atoms in total. The van der Waals surface area contributed by atoms with Crippen LogP contribution < -0.4 is 0 Å². The van der Waals surface area contributed by atoms with Gasteiger partial charge < -0.3 is 4.74 Å². The average molecular weight is 386 g/mol. The lowest BCUT2D eigenvalue weighted by atomic mass is 10.1. The fraction of sp³-hybridized carbons (Fsp3) is 0.0909. The van der Waals surface area contributed by atoms with Crippen molar-refractivity contribution in [3.63, 3.8) is 0 Å². The van der Waals surface area contributed by atoms with Gasteiger partial charge in [-0.2, -0.15) is 0 Å². The minimum absolute atomic E-state index is 0.123. The van der Waals surface area contributed by atoms with Crippen LogP contribution >= 0.6 is 31.9 Å². The molecule has 0 saturated heterocycles. The predicted molar refractivity (Wildman–Crippen MR) is 77.3 cm³/mol. The summed E-state index contributed by atoms with van der Waals surface area (Å²) in [6.07, 6.45) is 1.33. The molecule has 0 atom stereocenters. The summed E-state index contributed by atoms with van der Waals surface area (Å²) < 4.78 is 6.14. The Labute approximate surface area is 124 Å². The Hall–Kier alpha value is -1.63. The van der Waals surface area contributed by atoms with Gasteiger partial charge in [0.1, 0.15) is 0 Å². The largest absolute Gasteiger partial charge is 0.465 e. The van der Waals surface area contributed by atoms with Crippen LogP contribution in [-0.4, -0.2) is 18.1 Å². The van der Waals surface area contributed by atoms with E-state index in [0.717, 1.165) is 8.95 Å². The van der Waals surface area contributed by atoms with Crippen molar-refractivity contribution in [2.75, 3.05) is 7.11 Å². The van der Waals surface area contributed by atoms with Crippen molar-refractivity contribution in [1.29, 1.82) is 0 Å². The number of esters is 1. The van der Waals surface area contributed by atoms with Gasteiger partial charge in [0.25, 0.3) is 0 Å². The number of rotatable bonds is 2. The normalized spacial score (nSPS) is 10.1. The molecule has 0 aliphatic rings. The second kappa shape index (κ2) is 5.56. The van der Waals surface area contributed by atoms with E-state index in [1.54, 1.807) is 6.07 Å². The van der Waals surface area contributed by atoms with E-state index in [-0.39, 0.29) is 11.3 Å². The van der Waals surface area contributed by atoms with Crippen LogP contribution in [0.4, 0.5) is 5.69 Å². The van der Waals surface area contributed by atoms with Crippen LogP contribution in [0.5, 0.6) is 0 Å². The van der Waals surface area contributed by atoms with Crippen LogP contribution in [0.2, 0.25) is 0 Å². The molecular formula is C11H6Br2N4O2. The highest BCUT2D eigenvalue weighted by Gasteiger charge is 2.16. The highest BCUT2D eigenvalue weighted by molar-refractivity contribution is 9.11. The Morgan fingerprint density at radius 1 is 1.47 bits per heavy atom. The fourth-order valence-corrected chi connectivity index (χ4v) is 2.95. The van der Waals surface area contributed by atoms with Crippen LogP contribution in [0.15, 0.2) is 32.4 Å². The van der Waals surface area contributed by atoms with Crippen LogP contribution in [0, 0.1) is 0 Å². The van der Waals surface area contributed by atoms with Gasteiger partial charge in [0, 0.05) is 25.4 Å². The quantitative estimate of drug-likeness (QED) is 0.330. The molecule has 2 rings (SSSR count). The SMILES string of the molecule is COC(=O)c1cnc2c(Br)cc(Br)cc2c1N=[N+]=[N-]. The molecule has 0 unspecified atom stereocenters. The Balaban J connectivity index is 2.91. The van der Waals surface area contributed by atoms with Crippen molar-refractivity contribution >= 4 is 54.4 Å². The van der Waals surface area contributed by atoms with E-state index in [4.69, 9.17) is 5.53 Å². The summed E-state index contributed by atoms with van der Waals surface area (Å²) in [6.45, 7) is 0. The van der Waals surface area contributed by atoms with E-state index in [9.17, 15) is 4.79 Å². The van der Waals surface area contributed by atoms with Crippen LogP contribution in [0.3, 0.4) is 0 Å². The first-order valence-corrected chi connectivity index (χ1v) is 6.58. The van der Waals surface area contributed by atoms with Crippen molar-refractivity contribution in [2.45, 2.75) is 0 Å². The molecule has 96 valence electrons. The molecule has 2 aromatic rings. The monoisotopic (exact) mass is 384 g/mol. The number of benzene rings is 1. The molecular weight excluding hydrogens is 380 g/mol. The van der Waals surface area contributed by atoms with Crippen LogP contribution in [-0.2, 0) is 4.74 Å². The average Bonchev–Trinajstić information content (AvgIpc) is 2.38. The molecule has 0 fully saturated rings. The molecule has 0 radical (unpaired) electrons. The molecule has 19 heavy (non-hydrogen) atoms. The van der Waals surface area contributed by atoms with Crippen molar-refractivity contribution in [3.8, 4) is 0 Å². The second-order valence-corrected chi connectivity index (χ2v) is 5.26. The summed E-state index contributed by atoms with van der Waals surface area (Å²) in [5, 5.41) is 4.14. The predicted octanol–water partition coefficient (Wildman–Crippen LogP) is 4.49. The molecule has 0 saturated carbocycles. The molecule has 0 aliphatic carbocycles. The number of ether oxygens (including phenoxy) is 1. The maximum Gasteiger partial charge on any atom is 0.339 e. The van der Waals surface area contributed by atoms with Crippen LogP contribution in [0.25, 0.3) is 21.3 Å². The summed E-state index contributed by atoms with van der Waals surface area (Å²) >= 11 is 6.71. The lowest BCUT2D eigenvalue weighted by Crippen LogP contribution is -2.02. The third-order valence-corrected chi connectivity index (χ3v) is 3.47. The summed E-state index contributed by atoms with van der Waals surface area (Å²) in [6, 6.07) is 3.54. The molecule has 1 heterocycles. The van der Waals surface area contributed by atoms with E-state index in [1.165, 1.54) is 13.3 Å². The smallest absolute Gasteiger partial charge is 0.339 e. The highest BCUT2D eigenvalue weighted by Crippen LogP contribution is 2.35. The topological polar surface area (TPSA) is 88.0 Å². The van der Waals surface area contributed by atoms with E-state index in [0.29, 0.717) is 10.9 Å². The first-order chi connectivity index (χ1) is 9.08. The third-order valence-electron chi connectivity index (χ3n) is 2.41. The number of halogens is 2. The van der Waals surface area contributed by atoms with E-state index < -0.39 is 5.97 Å². The molecule has 0 N–H and O–H groups in total. The number of hydrogen-bond donors (Lipinski definition) is 0. The molecule has 0 spiro atoms. The summed E-state index contributed by atoms with van der Waals surface area (Å²) in [5.41, 5.74) is 9.57. The molecule has 1 aromatic carbocycles. The fourth-order valence-electron chi connectivity index (χ4n) is 1.62. The number of fused-ring (bicyclic) bond motifs is 1. The lowest BCUT2D eigenvalue weighted by Gasteiger charge is -2.08. The maximum atomic E-state index is 11.7. The van der Waals surface area contributed by atoms with Gasteiger partial charge in [-0.1, -0.05) is 21.0 Å². The zero-order valence-electron chi connectivity index (χ0n) is 9.59. The number of carbonyl (C=O) groups is 1. The van der Waals surface area contributed by atoms with Gasteiger partial charge in [-0.25, -0.2) is 4.79 Å². The van der Waals surface area contributed by atoms with E-state index >= 15 is 0 Å². The first kappa shape index (κ1) is 13.8. The van der Waals surface area contributed by atoms with Crippen molar-refractivity contribution in [1.82, 2.24) is 4.98 Å². The summed E-state index contributed by atoms with van der Waals surface area (Å²) in [7, 11) is 1.25. The Morgan fingerprint density at radius 3 is 2.84 bits per heavy atom. The number of aromatic nitrogens is 1. The molecule has 0 amide bonds. The summed E-state index contributed by atoms with van der Waals surface area (Å²) in [5.74, 6) is -0.604. The Kier molecular flexibility index (Phi) is 4.04. The molecule has 0 aliphatic heterocycles. The van der Waals surface area contributed by atoms with Gasteiger partial charge in [-0.05, 0) is 33.6 Å². The number of azide groups is 1. The first-order valence-electron chi connectivity index (χ1n) is 4.99. The zero-order chi connectivity index (χ0) is 14.0. The van der Waals surface area contributed by atoms with Crippen molar-refractivity contribution < 1.29 is 9.53 Å². The standard InChI is InChI=1S/C11H6Br2N4O2/c1-19-11(18)7-4-15-10-6(9(7)16-17-14)2-5(12)3-8(10)13/h2-4H,1H3. The van der Waals surface area contributed by atoms with E-state index in [1.807, 2.05) is 6.07 Å².